The van der Waals surface area contributed by atoms with Gasteiger partial charge in [-0.2, -0.15) is 0 Å². The molecule has 0 atom stereocenters. The normalized spacial score (nSPS) is 22.2. The molecule has 35 heavy (non-hydrogen) atoms. The van der Waals surface area contributed by atoms with E-state index in [1.54, 1.807) is 24.3 Å². The van der Waals surface area contributed by atoms with Crippen LogP contribution in [-0.2, 0) is 4.79 Å². The summed E-state index contributed by atoms with van der Waals surface area (Å²) in [5, 5.41) is 11.9. The monoisotopic (exact) mass is 476 g/mol. The predicted molar refractivity (Wildman–Crippen MR) is 138 cm³/mol. The summed E-state index contributed by atoms with van der Waals surface area (Å²) in [6, 6.07) is 17.2. The van der Waals surface area contributed by atoms with Crippen LogP contribution in [-0.4, -0.2) is 66.7 Å². The van der Waals surface area contributed by atoms with Crippen LogP contribution in [0.2, 0.25) is 0 Å². The average molecular weight is 477 g/mol. The van der Waals surface area contributed by atoms with Gasteiger partial charge in [-0.3, -0.25) is 15.1 Å². The van der Waals surface area contributed by atoms with E-state index in [0.717, 1.165) is 57.6 Å². The third-order valence-corrected chi connectivity index (χ3v) is 7.00. The van der Waals surface area contributed by atoms with Gasteiger partial charge in [0.25, 0.3) is 5.91 Å². The predicted octanol–water partition coefficient (Wildman–Crippen LogP) is 2.65. The molecule has 1 amide bonds. The van der Waals surface area contributed by atoms with Crippen molar-refractivity contribution >= 4 is 11.6 Å². The van der Waals surface area contributed by atoms with E-state index in [2.05, 4.69) is 22.2 Å². The first-order valence-electron chi connectivity index (χ1n) is 12.3. The molecule has 2 aliphatic rings. The maximum absolute atomic E-state index is 12.3. The Morgan fingerprint density at radius 1 is 0.914 bits per heavy atom. The first kappa shape index (κ1) is 24.8. The maximum atomic E-state index is 12.3. The third-order valence-electron chi connectivity index (χ3n) is 7.00. The molecule has 1 aliphatic heterocycles. The second-order valence-electron chi connectivity index (χ2n) is 9.46. The van der Waals surface area contributed by atoms with Gasteiger partial charge in [-0.15, -0.1) is 0 Å². The van der Waals surface area contributed by atoms with Crippen molar-refractivity contribution < 1.29 is 9.53 Å². The smallest absolute Gasteiger partial charge is 0.254 e. The second kappa shape index (κ2) is 11.4. The fraction of sp³-hybridized carbons (Fsp3) is 0.407. The zero-order valence-electron chi connectivity index (χ0n) is 20.4. The molecule has 186 valence electrons. The summed E-state index contributed by atoms with van der Waals surface area (Å²) in [7, 11) is 2.17. The van der Waals surface area contributed by atoms with Crippen LogP contribution in [0.25, 0.3) is 0 Å². The number of hydrogen-bond donors (Lipinski definition) is 4. The topological polar surface area (TPSA) is 121 Å². The van der Waals surface area contributed by atoms with Crippen LogP contribution in [0.15, 0.2) is 66.0 Å². The molecule has 1 saturated carbocycles. The van der Waals surface area contributed by atoms with E-state index in [1.807, 2.05) is 30.3 Å². The van der Waals surface area contributed by atoms with Crippen LogP contribution in [0.1, 0.15) is 31.2 Å². The number of para-hydroxylation sites is 1. The highest BCUT2D eigenvalue weighted by molar-refractivity contribution is 6.26. The minimum Gasteiger partial charge on any atom is -0.457 e. The molecular weight excluding hydrogens is 440 g/mol. The lowest BCUT2D eigenvalue weighted by atomic mass is 9.89. The largest absolute Gasteiger partial charge is 0.457 e. The van der Waals surface area contributed by atoms with Crippen LogP contribution in [0.5, 0.6) is 11.5 Å². The average Bonchev–Trinajstić information content (AvgIpc) is 2.86. The van der Waals surface area contributed by atoms with Crippen molar-refractivity contribution in [3.63, 3.8) is 0 Å². The molecule has 0 aromatic heterocycles. The molecule has 1 saturated heterocycles. The highest BCUT2D eigenvalue weighted by Crippen LogP contribution is 2.25. The van der Waals surface area contributed by atoms with Gasteiger partial charge in [0.1, 0.15) is 22.9 Å². The maximum Gasteiger partial charge on any atom is 0.254 e. The minimum absolute atomic E-state index is 0.000108. The second-order valence-corrected chi connectivity index (χ2v) is 9.46. The van der Waals surface area contributed by atoms with Crippen LogP contribution in [0.4, 0.5) is 0 Å². The molecule has 8 heteroatoms. The van der Waals surface area contributed by atoms with Gasteiger partial charge in [-0.1, -0.05) is 18.2 Å². The number of carbonyl (C=O) groups is 1. The molecule has 0 spiro atoms. The van der Waals surface area contributed by atoms with Gasteiger partial charge < -0.3 is 26.4 Å². The molecule has 0 bridgehead atoms. The van der Waals surface area contributed by atoms with Gasteiger partial charge in [0.15, 0.2) is 0 Å². The first-order chi connectivity index (χ1) is 16.9. The molecular formula is C27H36N6O2. The zero-order valence-corrected chi connectivity index (χ0v) is 20.4. The van der Waals surface area contributed by atoms with Crippen molar-refractivity contribution in [1.82, 2.24) is 15.1 Å². The van der Waals surface area contributed by atoms with Crippen molar-refractivity contribution in [1.29, 1.82) is 5.41 Å². The molecule has 2 fully saturated rings. The van der Waals surface area contributed by atoms with E-state index >= 15 is 0 Å². The Kier molecular flexibility index (Phi) is 8.05. The molecule has 0 radical (unpaired) electrons. The minimum atomic E-state index is -0.712. The quantitative estimate of drug-likeness (QED) is 0.343. The van der Waals surface area contributed by atoms with E-state index < -0.39 is 5.91 Å². The number of nitrogens with two attached hydrogens (primary N) is 2. The van der Waals surface area contributed by atoms with Crippen molar-refractivity contribution in [3.8, 4) is 11.5 Å². The number of likely N-dealkylation sites (N-methyl/N-ethyl adjacent to an activating group) is 1. The summed E-state index contributed by atoms with van der Waals surface area (Å²) in [6.07, 6.45) is 4.15. The van der Waals surface area contributed by atoms with Gasteiger partial charge in [0.05, 0.1) is 5.71 Å². The van der Waals surface area contributed by atoms with Crippen LogP contribution < -0.4 is 21.5 Å². The molecule has 6 N–H and O–H groups in total. The van der Waals surface area contributed by atoms with E-state index in [0.29, 0.717) is 17.4 Å². The van der Waals surface area contributed by atoms with Crippen molar-refractivity contribution in [3.05, 3.63) is 71.6 Å². The van der Waals surface area contributed by atoms with Crippen molar-refractivity contribution in [2.24, 2.45) is 11.5 Å². The number of benzene rings is 2. The summed E-state index contributed by atoms with van der Waals surface area (Å²) >= 11 is 0. The Labute approximate surface area is 207 Å². The Hall–Kier alpha value is -3.36. The lowest BCUT2D eigenvalue weighted by molar-refractivity contribution is -0.114. The number of rotatable bonds is 8. The molecule has 2 aromatic carbocycles. The molecule has 8 nitrogen and oxygen atoms in total. The van der Waals surface area contributed by atoms with Gasteiger partial charge >= 0.3 is 0 Å². The standard InChI is InChI=1S/C27H36N6O2/c1-32-15-17-33(18-16-32)21-11-9-20(10-12-21)31-26(29)24(27(30)34)25(28)19-7-13-23(14-8-19)35-22-5-3-2-4-6-22/h2-8,13-14,20-21,28,31H,9-12,15-18,29H2,1H3,(H2,30,34)/b26-24+,28-25?/t20-,21-. The number of carbonyl (C=O) groups excluding carboxylic acids is 1. The number of piperazine rings is 1. The molecule has 0 unspecified atom stereocenters. The third kappa shape index (κ3) is 6.41. The summed E-state index contributed by atoms with van der Waals surface area (Å²) < 4.78 is 5.81. The molecule has 4 rings (SSSR count). The number of amides is 1. The SMILES string of the molecule is CN1CCN([C@H]2CC[C@H](N/C(N)=C(\C(=N)c3ccc(Oc4ccccc4)cc3)C(N)=O)CC2)CC1. The Bertz CT molecular complexity index is 1040. The van der Waals surface area contributed by atoms with Crippen molar-refractivity contribution in [2.75, 3.05) is 33.2 Å². The van der Waals surface area contributed by atoms with E-state index in [4.69, 9.17) is 21.6 Å². The molecule has 1 aliphatic carbocycles. The Balaban J connectivity index is 1.37. The summed E-state index contributed by atoms with van der Waals surface area (Å²) in [6.45, 7) is 4.49. The highest BCUT2D eigenvalue weighted by Gasteiger charge is 2.28. The molecule has 2 aromatic rings. The fourth-order valence-electron chi connectivity index (χ4n) is 4.91. The summed E-state index contributed by atoms with van der Waals surface area (Å²) in [5.74, 6) is 0.829. The summed E-state index contributed by atoms with van der Waals surface area (Å²) in [5.41, 5.74) is 12.5. The van der Waals surface area contributed by atoms with E-state index in [1.165, 1.54) is 0 Å². The lowest BCUT2D eigenvalue weighted by Crippen LogP contribution is -2.51. The van der Waals surface area contributed by atoms with Gasteiger partial charge in [0.2, 0.25) is 0 Å². The van der Waals surface area contributed by atoms with Gasteiger partial charge in [-0.25, -0.2) is 0 Å². The fourth-order valence-corrected chi connectivity index (χ4v) is 4.91. The number of nitrogens with zero attached hydrogens (tertiary/aromatic N) is 2. The van der Waals surface area contributed by atoms with Crippen LogP contribution in [0.3, 0.4) is 0 Å². The summed E-state index contributed by atoms with van der Waals surface area (Å²) in [4.78, 5) is 17.2. The molecule has 1 heterocycles. The van der Waals surface area contributed by atoms with Crippen LogP contribution >= 0.6 is 0 Å². The number of primary amides is 1. The van der Waals surface area contributed by atoms with Crippen molar-refractivity contribution in [2.45, 2.75) is 37.8 Å². The Morgan fingerprint density at radius 2 is 1.51 bits per heavy atom. The zero-order chi connectivity index (χ0) is 24.8. The number of ether oxygens (including phenoxy) is 1. The van der Waals surface area contributed by atoms with Gasteiger partial charge in [-0.05, 0) is 69.1 Å². The number of hydrogen-bond acceptors (Lipinski definition) is 7. The Morgan fingerprint density at radius 3 is 2.11 bits per heavy atom. The number of nitrogens with one attached hydrogen (secondary N) is 2. The van der Waals surface area contributed by atoms with Gasteiger partial charge in [0, 0.05) is 43.8 Å². The van der Waals surface area contributed by atoms with E-state index in [-0.39, 0.29) is 23.1 Å². The van der Waals surface area contributed by atoms with Crippen LogP contribution in [0, 0.1) is 5.41 Å². The van der Waals surface area contributed by atoms with E-state index in [9.17, 15) is 4.79 Å². The lowest BCUT2D eigenvalue weighted by Gasteiger charge is -2.41. The highest BCUT2D eigenvalue weighted by atomic mass is 16.5. The first-order valence-corrected chi connectivity index (χ1v) is 12.3.